The molecule has 0 aromatic carbocycles. The number of allylic oxidation sites excluding steroid dienone is 6. The summed E-state index contributed by atoms with van der Waals surface area (Å²) in [7, 11) is 0. The smallest absolute Gasteiger partial charge is 0.306 e. The molecule has 1 atom stereocenters. The molecule has 0 bridgehead atoms. The fourth-order valence-corrected chi connectivity index (χ4v) is 9.88. The van der Waals surface area contributed by atoms with Crippen LogP contribution in [0.3, 0.4) is 0 Å². The van der Waals surface area contributed by atoms with Gasteiger partial charge < -0.3 is 14.2 Å². The van der Waals surface area contributed by atoms with E-state index in [4.69, 9.17) is 14.2 Å². The van der Waals surface area contributed by atoms with Crippen LogP contribution in [0, 0.1) is 0 Å². The Bertz CT molecular complexity index is 1240. The van der Waals surface area contributed by atoms with Gasteiger partial charge in [0.25, 0.3) is 0 Å². The molecule has 0 aliphatic rings. The number of rotatable bonds is 61. The van der Waals surface area contributed by atoms with Crippen molar-refractivity contribution >= 4 is 17.9 Å². The molecular weight excluding hydrogens is 913 g/mol. The Hall–Kier alpha value is -2.37. The van der Waals surface area contributed by atoms with Crippen LogP contribution in [0.1, 0.15) is 361 Å². The first kappa shape index (κ1) is 71.6. The third-order valence-corrected chi connectivity index (χ3v) is 14.9. The summed E-state index contributed by atoms with van der Waals surface area (Å²) in [6.45, 7) is 6.66. The van der Waals surface area contributed by atoms with Gasteiger partial charge in [-0.05, 0) is 77.0 Å². The van der Waals surface area contributed by atoms with Crippen molar-refractivity contribution in [1.82, 2.24) is 0 Å². The lowest BCUT2D eigenvalue weighted by molar-refractivity contribution is -0.167. The molecule has 0 fully saturated rings. The van der Waals surface area contributed by atoms with Gasteiger partial charge in [0.1, 0.15) is 13.2 Å². The van der Waals surface area contributed by atoms with Crippen molar-refractivity contribution in [1.29, 1.82) is 0 Å². The number of ether oxygens (including phenoxy) is 3. The summed E-state index contributed by atoms with van der Waals surface area (Å²) in [5.74, 6) is -0.868. The number of carbonyl (C=O) groups excluding carboxylic acids is 3. The number of esters is 3. The highest BCUT2D eigenvalue weighted by molar-refractivity contribution is 5.71. The van der Waals surface area contributed by atoms with Crippen LogP contribution in [-0.4, -0.2) is 37.2 Å². The zero-order valence-corrected chi connectivity index (χ0v) is 49.9. The van der Waals surface area contributed by atoms with Crippen LogP contribution in [-0.2, 0) is 28.6 Å². The molecule has 0 aliphatic heterocycles. The summed E-state index contributed by atoms with van der Waals surface area (Å²) >= 11 is 0. The summed E-state index contributed by atoms with van der Waals surface area (Å²) in [5.41, 5.74) is 0. The Balaban J connectivity index is 4.30. The van der Waals surface area contributed by atoms with Crippen molar-refractivity contribution in [2.45, 2.75) is 367 Å². The van der Waals surface area contributed by atoms with E-state index in [1.807, 2.05) is 0 Å². The molecule has 0 aromatic heterocycles. The van der Waals surface area contributed by atoms with E-state index < -0.39 is 6.10 Å². The van der Waals surface area contributed by atoms with Crippen LogP contribution in [0.4, 0.5) is 0 Å². The molecule has 0 saturated carbocycles. The van der Waals surface area contributed by atoms with E-state index in [0.29, 0.717) is 19.3 Å². The molecule has 0 aliphatic carbocycles. The van der Waals surface area contributed by atoms with Gasteiger partial charge in [0.2, 0.25) is 0 Å². The molecule has 0 N–H and O–H groups in total. The fourth-order valence-electron chi connectivity index (χ4n) is 9.88. The van der Waals surface area contributed by atoms with Crippen molar-refractivity contribution in [3.05, 3.63) is 36.5 Å². The van der Waals surface area contributed by atoms with Gasteiger partial charge in [-0.3, -0.25) is 14.4 Å². The molecule has 6 nitrogen and oxygen atoms in total. The Morgan fingerprint density at radius 1 is 0.270 bits per heavy atom. The lowest BCUT2D eigenvalue weighted by Crippen LogP contribution is -2.30. The Labute approximate surface area is 461 Å². The molecule has 0 amide bonds. The second-order valence-electron chi connectivity index (χ2n) is 22.4. The van der Waals surface area contributed by atoms with Crippen LogP contribution >= 0.6 is 0 Å². The second-order valence-corrected chi connectivity index (χ2v) is 22.4. The number of hydrogen-bond donors (Lipinski definition) is 0. The predicted molar refractivity (Wildman–Crippen MR) is 321 cm³/mol. The average molecular weight is 1040 g/mol. The molecule has 0 aromatic rings. The largest absolute Gasteiger partial charge is 0.462 e. The lowest BCUT2D eigenvalue weighted by atomic mass is 10.0. The molecule has 6 heteroatoms. The van der Waals surface area contributed by atoms with Crippen molar-refractivity contribution < 1.29 is 28.6 Å². The Morgan fingerprint density at radius 3 is 0.784 bits per heavy atom. The van der Waals surface area contributed by atoms with Gasteiger partial charge in [0.15, 0.2) is 6.10 Å². The molecular formula is C68H126O6. The topological polar surface area (TPSA) is 78.9 Å². The van der Waals surface area contributed by atoms with Gasteiger partial charge in [0, 0.05) is 19.3 Å². The fraction of sp³-hybridized carbons (Fsp3) is 0.868. The third-order valence-electron chi connectivity index (χ3n) is 14.9. The molecule has 74 heavy (non-hydrogen) atoms. The Kier molecular flexibility index (Phi) is 61.1. The standard InChI is InChI=1S/C68H126O6/c1-4-7-10-13-16-19-22-25-28-30-32-33-34-35-36-38-40-43-46-49-52-55-58-61-67(70)73-64-65(63-72-66(69)60-57-54-51-48-45-42-39-27-24-21-18-15-12-9-6-3)74-68(71)62-59-56-53-50-47-44-41-37-31-29-26-23-20-17-14-11-8-5-2/h18,21,27,29,31,39,65H,4-17,19-20,22-26,28,30,32-38,40-64H2,1-3H3/b21-18-,31-29-,39-27-. The highest BCUT2D eigenvalue weighted by Gasteiger charge is 2.19. The monoisotopic (exact) mass is 1040 g/mol. The summed E-state index contributed by atoms with van der Waals surface area (Å²) in [5, 5.41) is 0. The van der Waals surface area contributed by atoms with Crippen molar-refractivity contribution in [3.63, 3.8) is 0 Å². The maximum atomic E-state index is 12.9. The van der Waals surface area contributed by atoms with Gasteiger partial charge in [-0.1, -0.05) is 301 Å². The predicted octanol–water partition coefficient (Wildman–Crippen LogP) is 22.4. The van der Waals surface area contributed by atoms with Crippen LogP contribution in [0.5, 0.6) is 0 Å². The van der Waals surface area contributed by atoms with E-state index in [0.717, 1.165) is 77.0 Å². The average Bonchev–Trinajstić information content (AvgIpc) is 3.40. The normalized spacial score (nSPS) is 12.2. The van der Waals surface area contributed by atoms with E-state index in [1.165, 1.54) is 244 Å². The van der Waals surface area contributed by atoms with E-state index in [1.54, 1.807) is 0 Å². The van der Waals surface area contributed by atoms with Gasteiger partial charge in [-0.2, -0.15) is 0 Å². The number of carbonyl (C=O) groups is 3. The third kappa shape index (κ3) is 60.5. The molecule has 1 unspecified atom stereocenters. The number of hydrogen-bond acceptors (Lipinski definition) is 6. The minimum absolute atomic E-state index is 0.0742. The zero-order valence-electron chi connectivity index (χ0n) is 49.9. The summed E-state index contributed by atoms with van der Waals surface area (Å²) in [4.78, 5) is 38.3. The Morgan fingerprint density at radius 2 is 0.486 bits per heavy atom. The van der Waals surface area contributed by atoms with E-state index in [-0.39, 0.29) is 31.1 Å². The summed E-state index contributed by atoms with van der Waals surface area (Å²) in [6, 6.07) is 0. The molecule has 0 spiro atoms. The maximum absolute atomic E-state index is 12.9. The SMILES string of the molecule is CCCCC/C=C\C/C=C\CCCCCCCC(=O)OCC(COC(=O)CCCCCCCCCCCCCCCCCCCCCCCCC)OC(=O)CCCCCCCCC/C=C\CCCCCCCCC. The van der Waals surface area contributed by atoms with Gasteiger partial charge in [-0.15, -0.1) is 0 Å². The highest BCUT2D eigenvalue weighted by Crippen LogP contribution is 2.18. The molecule has 0 rings (SSSR count). The van der Waals surface area contributed by atoms with Gasteiger partial charge >= 0.3 is 17.9 Å². The van der Waals surface area contributed by atoms with Crippen LogP contribution in [0.25, 0.3) is 0 Å². The zero-order chi connectivity index (χ0) is 53.6. The number of unbranched alkanes of at least 4 members (excludes halogenated alkanes) is 44. The first-order valence-corrected chi connectivity index (χ1v) is 33.0. The first-order valence-electron chi connectivity index (χ1n) is 33.0. The molecule has 0 radical (unpaired) electrons. The highest BCUT2D eigenvalue weighted by atomic mass is 16.6. The van der Waals surface area contributed by atoms with Crippen molar-refractivity contribution in [3.8, 4) is 0 Å². The van der Waals surface area contributed by atoms with Crippen LogP contribution < -0.4 is 0 Å². The minimum atomic E-state index is -0.779. The first-order chi connectivity index (χ1) is 36.5. The van der Waals surface area contributed by atoms with E-state index in [9.17, 15) is 14.4 Å². The second kappa shape index (κ2) is 63.2. The molecule has 0 saturated heterocycles. The van der Waals surface area contributed by atoms with Gasteiger partial charge in [0.05, 0.1) is 0 Å². The molecule has 0 heterocycles. The lowest BCUT2D eigenvalue weighted by Gasteiger charge is -2.18. The summed E-state index contributed by atoms with van der Waals surface area (Å²) < 4.78 is 16.9. The van der Waals surface area contributed by atoms with Crippen LogP contribution in [0.2, 0.25) is 0 Å². The van der Waals surface area contributed by atoms with Crippen molar-refractivity contribution in [2.24, 2.45) is 0 Å². The quantitative estimate of drug-likeness (QED) is 0.0261. The van der Waals surface area contributed by atoms with Crippen molar-refractivity contribution in [2.75, 3.05) is 13.2 Å². The maximum Gasteiger partial charge on any atom is 0.306 e. The van der Waals surface area contributed by atoms with E-state index >= 15 is 0 Å². The van der Waals surface area contributed by atoms with Crippen LogP contribution in [0.15, 0.2) is 36.5 Å². The minimum Gasteiger partial charge on any atom is -0.462 e. The van der Waals surface area contributed by atoms with E-state index in [2.05, 4.69) is 57.2 Å². The summed E-state index contributed by atoms with van der Waals surface area (Å²) in [6.07, 6.45) is 77.3. The van der Waals surface area contributed by atoms with Gasteiger partial charge in [-0.25, -0.2) is 0 Å². The molecule has 434 valence electrons.